The normalized spacial score (nSPS) is 63.5. The second kappa shape index (κ2) is 1.54. The molecule has 5 atom stereocenters. The van der Waals surface area contributed by atoms with Crippen LogP contribution < -0.4 is 0 Å². The van der Waals surface area contributed by atoms with Gasteiger partial charge in [-0.1, -0.05) is 12.2 Å². The van der Waals surface area contributed by atoms with Crippen LogP contribution in [0.15, 0.2) is 12.2 Å². The highest BCUT2D eigenvalue weighted by Crippen LogP contribution is 2.69. The van der Waals surface area contributed by atoms with Gasteiger partial charge in [-0.05, 0) is 18.3 Å². The van der Waals surface area contributed by atoms with Gasteiger partial charge in [-0.3, -0.25) is 0 Å². The molecule has 3 unspecified atom stereocenters. The molecule has 2 heteroatoms. The predicted octanol–water partition coefficient (Wildman–Crippen LogP) is 0.162. The van der Waals surface area contributed by atoms with E-state index in [-0.39, 0.29) is 12.5 Å². The Bertz CT molecular complexity index is 236. The van der Waals surface area contributed by atoms with E-state index in [1.165, 1.54) is 0 Å². The molecule has 60 valence electrons. The third-order valence-corrected chi connectivity index (χ3v) is 3.81. The quantitative estimate of drug-likeness (QED) is 0.525. The Morgan fingerprint density at radius 3 is 2.73 bits per heavy atom. The van der Waals surface area contributed by atoms with Gasteiger partial charge in [0.05, 0.1) is 5.60 Å². The van der Waals surface area contributed by atoms with Crippen LogP contribution in [-0.4, -0.2) is 22.4 Å². The fraction of sp³-hybridized carbons (Fsp3) is 0.778. The number of hydrogen-bond acceptors (Lipinski definition) is 2. The number of fused-ring (bicyclic) bond motifs is 1. The lowest BCUT2D eigenvalue weighted by atomic mass is 9.92. The van der Waals surface area contributed by atoms with Gasteiger partial charge in [0.25, 0.3) is 0 Å². The van der Waals surface area contributed by atoms with Gasteiger partial charge in [0.15, 0.2) is 0 Å². The smallest absolute Gasteiger partial charge is 0.0814 e. The third-order valence-electron chi connectivity index (χ3n) is 3.81. The number of hydrogen-bond donors (Lipinski definition) is 2. The van der Waals surface area contributed by atoms with Gasteiger partial charge >= 0.3 is 0 Å². The molecular weight excluding hydrogens is 140 g/mol. The average Bonchev–Trinajstić information content (AvgIpc) is 2.33. The van der Waals surface area contributed by atoms with Crippen LogP contribution in [-0.2, 0) is 0 Å². The van der Waals surface area contributed by atoms with Crippen molar-refractivity contribution in [2.45, 2.75) is 12.0 Å². The number of aliphatic hydroxyl groups excluding tert-OH is 1. The summed E-state index contributed by atoms with van der Waals surface area (Å²) in [6.45, 7) is 0.237. The summed E-state index contributed by atoms with van der Waals surface area (Å²) >= 11 is 0. The molecule has 0 spiro atoms. The average molecular weight is 152 g/mol. The molecule has 0 aromatic heterocycles. The van der Waals surface area contributed by atoms with Crippen LogP contribution in [0.3, 0.4) is 0 Å². The van der Waals surface area contributed by atoms with Crippen molar-refractivity contribution in [3.63, 3.8) is 0 Å². The summed E-state index contributed by atoms with van der Waals surface area (Å²) in [6.07, 6.45) is 5.25. The Hall–Kier alpha value is -0.340. The van der Waals surface area contributed by atoms with Gasteiger partial charge in [-0.15, -0.1) is 0 Å². The van der Waals surface area contributed by atoms with Crippen LogP contribution in [0, 0.1) is 23.7 Å². The summed E-state index contributed by atoms with van der Waals surface area (Å²) in [6, 6.07) is 0. The highest BCUT2D eigenvalue weighted by Gasteiger charge is 2.74. The highest BCUT2D eigenvalue weighted by atomic mass is 16.3. The van der Waals surface area contributed by atoms with Crippen LogP contribution in [0.2, 0.25) is 0 Å². The van der Waals surface area contributed by atoms with Crippen molar-refractivity contribution in [1.29, 1.82) is 0 Å². The summed E-state index contributed by atoms with van der Waals surface area (Å²) in [5.41, 5.74) is -0.409. The van der Waals surface area contributed by atoms with Crippen molar-refractivity contribution < 1.29 is 10.2 Å². The maximum absolute atomic E-state index is 10.00. The molecule has 0 aromatic rings. The van der Waals surface area contributed by atoms with Gasteiger partial charge in [-0.2, -0.15) is 0 Å². The summed E-state index contributed by atoms with van der Waals surface area (Å²) in [7, 11) is 0. The molecule has 2 N–H and O–H groups in total. The molecule has 11 heavy (non-hydrogen) atoms. The summed E-state index contributed by atoms with van der Waals surface area (Å²) in [4.78, 5) is 0. The van der Waals surface area contributed by atoms with Gasteiger partial charge in [0.1, 0.15) is 0 Å². The SMILES string of the molecule is OC[C@@H]1CC2C3C=CC1[C@]32O. The fourth-order valence-electron chi connectivity index (χ4n) is 3.18. The minimum absolute atomic E-state index is 0.237. The van der Waals surface area contributed by atoms with E-state index < -0.39 is 5.60 Å². The summed E-state index contributed by atoms with van der Waals surface area (Å²) in [5, 5.41) is 19.0. The Morgan fingerprint density at radius 2 is 2.09 bits per heavy atom. The molecule has 2 saturated carbocycles. The van der Waals surface area contributed by atoms with Crippen molar-refractivity contribution in [2.75, 3.05) is 6.61 Å². The second-order valence-electron chi connectivity index (χ2n) is 4.11. The Morgan fingerprint density at radius 1 is 1.36 bits per heavy atom. The predicted molar refractivity (Wildman–Crippen MR) is 39.8 cm³/mol. The van der Waals surface area contributed by atoms with Gasteiger partial charge < -0.3 is 10.2 Å². The molecule has 3 aliphatic rings. The first-order chi connectivity index (χ1) is 5.28. The van der Waals surface area contributed by atoms with Gasteiger partial charge in [-0.25, -0.2) is 0 Å². The van der Waals surface area contributed by atoms with Crippen molar-refractivity contribution in [3.05, 3.63) is 12.2 Å². The van der Waals surface area contributed by atoms with E-state index in [4.69, 9.17) is 5.11 Å². The molecule has 2 nitrogen and oxygen atoms in total. The van der Waals surface area contributed by atoms with Crippen molar-refractivity contribution in [1.82, 2.24) is 0 Å². The zero-order chi connectivity index (χ0) is 7.64. The van der Waals surface area contributed by atoms with E-state index in [2.05, 4.69) is 12.2 Å². The molecule has 0 saturated heterocycles. The Balaban J connectivity index is 1.97. The lowest BCUT2D eigenvalue weighted by Gasteiger charge is -2.18. The number of rotatable bonds is 1. The standard InChI is InChI=1S/C9H12O2/c10-4-5-3-8-7-2-1-6(5)9(7,8)11/h1-2,5-8,10-11H,3-4H2/t5-,6?,7?,8?,9-/m0/s1. The molecule has 0 amide bonds. The Kier molecular flexibility index (Phi) is 0.871. The first kappa shape index (κ1) is 6.21. The zero-order valence-corrected chi connectivity index (χ0v) is 6.27. The van der Waals surface area contributed by atoms with Crippen LogP contribution in [0.25, 0.3) is 0 Å². The molecule has 3 aliphatic carbocycles. The molecule has 0 bridgehead atoms. The van der Waals surface area contributed by atoms with E-state index in [9.17, 15) is 5.11 Å². The van der Waals surface area contributed by atoms with Crippen LogP contribution in [0.5, 0.6) is 0 Å². The van der Waals surface area contributed by atoms with Crippen LogP contribution >= 0.6 is 0 Å². The maximum Gasteiger partial charge on any atom is 0.0814 e. The van der Waals surface area contributed by atoms with E-state index in [1.54, 1.807) is 0 Å². The monoisotopic (exact) mass is 152 g/mol. The molecule has 0 aliphatic heterocycles. The van der Waals surface area contributed by atoms with E-state index in [0.717, 1.165) is 6.42 Å². The lowest BCUT2D eigenvalue weighted by molar-refractivity contribution is 0.0773. The largest absolute Gasteiger partial charge is 0.396 e. The van der Waals surface area contributed by atoms with Crippen molar-refractivity contribution in [3.8, 4) is 0 Å². The van der Waals surface area contributed by atoms with Crippen molar-refractivity contribution >= 4 is 0 Å². The number of aliphatic hydroxyl groups is 2. The minimum Gasteiger partial charge on any atom is -0.396 e. The Labute approximate surface area is 65.5 Å². The topological polar surface area (TPSA) is 40.5 Å². The first-order valence-electron chi connectivity index (χ1n) is 4.30. The van der Waals surface area contributed by atoms with Crippen LogP contribution in [0.1, 0.15) is 6.42 Å². The van der Waals surface area contributed by atoms with Gasteiger partial charge in [0, 0.05) is 18.4 Å². The molecular formula is C9H12O2. The van der Waals surface area contributed by atoms with Crippen molar-refractivity contribution in [2.24, 2.45) is 23.7 Å². The van der Waals surface area contributed by atoms with E-state index in [0.29, 0.717) is 17.8 Å². The summed E-state index contributed by atoms with van der Waals surface area (Å²) < 4.78 is 0. The minimum atomic E-state index is -0.409. The van der Waals surface area contributed by atoms with Gasteiger partial charge in [0.2, 0.25) is 0 Å². The fourth-order valence-corrected chi connectivity index (χ4v) is 3.18. The highest BCUT2D eigenvalue weighted by molar-refractivity contribution is 5.36. The second-order valence-corrected chi connectivity index (χ2v) is 4.11. The zero-order valence-electron chi connectivity index (χ0n) is 6.27. The molecule has 0 radical (unpaired) electrons. The molecule has 3 rings (SSSR count). The van der Waals surface area contributed by atoms with E-state index in [1.807, 2.05) is 0 Å². The molecule has 0 heterocycles. The lowest BCUT2D eigenvalue weighted by Crippen LogP contribution is -2.24. The third kappa shape index (κ3) is 0.472. The summed E-state index contributed by atoms with van der Waals surface area (Å²) in [5.74, 6) is 1.52. The maximum atomic E-state index is 10.00. The van der Waals surface area contributed by atoms with Crippen LogP contribution in [0.4, 0.5) is 0 Å². The molecule has 2 fully saturated rings. The van der Waals surface area contributed by atoms with E-state index >= 15 is 0 Å². The first-order valence-corrected chi connectivity index (χ1v) is 4.30. The molecule has 0 aromatic carbocycles.